The highest BCUT2D eigenvalue weighted by Crippen LogP contribution is 2.34. The van der Waals surface area contributed by atoms with Crippen molar-refractivity contribution in [1.29, 1.82) is 0 Å². The molecule has 138 valence electrons. The summed E-state index contributed by atoms with van der Waals surface area (Å²) in [5.74, 6) is 1.42. The van der Waals surface area contributed by atoms with Crippen LogP contribution in [0.25, 0.3) is 20.7 Å². The molecule has 0 aliphatic carbocycles. The van der Waals surface area contributed by atoms with Crippen molar-refractivity contribution < 1.29 is 4.74 Å². The van der Waals surface area contributed by atoms with Crippen LogP contribution in [-0.2, 0) is 7.05 Å². The Morgan fingerprint density at radius 2 is 2.15 bits per heavy atom. The van der Waals surface area contributed by atoms with Crippen molar-refractivity contribution in [3.05, 3.63) is 62.5 Å². The van der Waals surface area contributed by atoms with E-state index in [9.17, 15) is 4.79 Å². The lowest BCUT2D eigenvalue weighted by Crippen LogP contribution is -2.20. The summed E-state index contributed by atoms with van der Waals surface area (Å²) in [7, 11) is 1.77. The first-order chi connectivity index (χ1) is 13.1. The van der Waals surface area contributed by atoms with E-state index in [1.54, 1.807) is 29.0 Å². The van der Waals surface area contributed by atoms with Gasteiger partial charge in [-0.25, -0.2) is 4.98 Å². The Hall–Kier alpha value is -1.80. The highest BCUT2D eigenvalue weighted by Gasteiger charge is 2.16. The molecule has 0 aliphatic rings. The molecule has 27 heavy (non-hydrogen) atoms. The molecule has 1 aromatic carbocycles. The predicted molar refractivity (Wildman–Crippen MR) is 116 cm³/mol. The van der Waals surface area contributed by atoms with Crippen molar-refractivity contribution in [2.75, 3.05) is 12.4 Å². The fourth-order valence-corrected chi connectivity index (χ4v) is 5.42. The van der Waals surface area contributed by atoms with Crippen LogP contribution < -0.4 is 10.3 Å². The molecule has 0 unspecified atom stereocenters. The maximum absolute atomic E-state index is 12.9. The van der Waals surface area contributed by atoms with Crippen LogP contribution in [0.1, 0.15) is 0 Å². The molecule has 0 atom stereocenters. The Morgan fingerprint density at radius 1 is 1.26 bits per heavy atom. The van der Waals surface area contributed by atoms with Gasteiger partial charge in [-0.15, -0.1) is 22.7 Å². The molecule has 0 amide bonds. The quantitative estimate of drug-likeness (QED) is 0.227. The Bertz CT molecular complexity index is 1140. The number of thiophene rings is 2. The van der Waals surface area contributed by atoms with Gasteiger partial charge in [-0.1, -0.05) is 35.5 Å². The van der Waals surface area contributed by atoms with E-state index in [0.29, 0.717) is 27.9 Å². The Labute approximate surface area is 173 Å². The lowest BCUT2D eigenvalue weighted by atomic mass is 10.2. The van der Waals surface area contributed by atoms with Gasteiger partial charge in [-0.3, -0.25) is 9.36 Å². The molecule has 0 N–H and O–H groups in total. The minimum absolute atomic E-state index is 0.0112. The van der Waals surface area contributed by atoms with Crippen LogP contribution in [-0.4, -0.2) is 21.9 Å². The van der Waals surface area contributed by atoms with Crippen LogP contribution in [0.5, 0.6) is 5.75 Å². The van der Waals surface area contributed by atoms with Crippen LogP contribution in [0.15, 0.2) is 57.1 Å². The summed E-state index contributed by atoms with van der Waals surface area (Å²) in [6.45, 7) is 0.504. The number of nitrogens with zero attached hydrogens (tertiary/aromatic N) is 2. The maximum atomic E-state index is 12.9. The molecule has 3 heterocycles. The highest BCUT2D eigenvalue weighted by molar-refractivity contribution is 7.99. The molecule has 0 saturated heterocycles. The van der Waals surface area contributed by atoms with E-state index in [-0.39, 0.29) is 5.56 Å². The first-order valence-corrected chi connectivity index (χ1v) is 11.3. The van der Waals surface area contributed by atoms with Gasteiger partial charge in [0.05, 0.1) is 12.0 Å². The molecular weight excluding hydrogens is 420 g/mol. The molecule has 4 aromatic rings. The van der Waals surface area contributed by atoms with Gasteiger partial charge in [-0.2, -0.15) is 0 Å². The van der Waals surface area contributed by atoms with Crippen LogP contribution >= 0.6 is 46.0 Å². The van der Waals surface area contributed by atoms with Gasteiger partial charge in [-0.05, 0) is 29.6 Å². The summed E-state index contributed by atoms with van der Waals surface area (Å²) in [6.07, 6.45) is 0. The SMILES string of the molecule is Cn1c(SCCOc2cccc(Cl)c2)nc2scc(-c3cccs3)c2c1=O. The lowest BCUT2D eigenvalue weighted by molar-refractivity contribution is 0.344. The van der Waals surface area contributed by atoms with Gasteiger partial charge in [0.25, 0.3) is 5.56 Å². The number of ether oxygens (including phenoxy) is 1. The van der Waals surface area contributed by atoms with Crippen molar-refractivity contribution in [2.45, 2.75) is 5.16 Å². The fourth-order valence-electron chi connectivity index (χ4n) is 2.64. The molecule has 3 aromatic heterocycles. The Balaban J connectivity index is 1.51. The third-order valence-electron chi connectivity index (χ3n) is 3.94. The Kier molecular flexibility index (Phi) is 5.54. The topological polar surface area (TPSA) is 44.1 Å². The molecular formula is C19H15ClN2O2S3. The molecule has 0 fully saturated rings. The van der Waals surface area contributed by atoms with Gasteiger partial charge in [0.1, 0.15) is 10.6 Å². The number of rotatable bonds is 6. The van der Waals surface area contributed by atoms with E-state index < -0.39 is 0 Å². The molecule has 0 radical (unpaired) electrons. The second-order valence-electron chi connectivity index (χ2n) is 5.72. The minimum Gasteiger partial charge on any atom is -0.493 e. The van der Waals surface area contributed by atoms with Gasteiger partial charge in [0, 0.05) is 33.6 Å². The number of hydrogen-bond acceptors (Lipinski definition) is 6. The molecule has 0 aliphatic heterocycles. The van der Waals surface area contributed by atoms with E-state index in [4.69, 9.17) is 21.3 Å². The third-order valence-corrected chi connectivity index (χ3v) is 6.94. The van der Waals surface area contributed by atoms with Crippen molar-refractivity contribution in [3.8, 4) is 16.2 Å². The molecule has 0 saturated carbocycles. The van der Waals surface area contributed by atoms with E-state index in [1.165, 1.54) is 23.1 Å². The van der Waals surface area contributed by atoms with Crippen molar-refractivity contribution in [2.24, 2.45) is 7.05 Å². The highest BCUT2D eigenvalue weighted by atomic mass is 35.5. The zero-order valence-electron chi connectivity index (χ0n) is 14.3. The van der Waals surface area contributed by atoms with Crippen LogP contribution in [0, 0.1) is 0 Å². The largest absolute Gasteiger partial charge is 0.493 e. The fraction of sp³-hybridized carbons (Fsp3) is 0.158. The van der Waals surface area contributed by atoms with Crippen molar-refractivity contribution >= 4 is 56.3 Å². The van der Waals surface area contributed by atoms with Crippen LogP contribution in [0.4, 0.5) is 0 Å². The molecule has 0 spiro atoms. The summed E-state index contributed by atoms with van der Waals surface area (Å²) in [4.78, 5) is 19.5. The number of aromatic nitrogens is 2. The van der Waals surface area contributed by atoms with E-state index in [1.807, 2.05) is 41.1 Å². The molecule has 4 nitrogen and oxygen atoms in total. The van der Waals surface area contributed by atoms with Crippen molar-refractivity contribution in [1.82, 2.24) is 9.55 Å². The van der Waals surface area contributed by atoms with E-state index >= 15 is 0 Å². The third kappa shape index (κ3) is 3.91. The summed E-state index contributed by atoms with van der Waals surface area (Å²) in [6, 6.07) is 11.3. The summed E-state index contributed by atoms with van der Waals surface area (Å²) in [5, 5.41) is 6.07. The van der Waals surface area contributed by atoms with Gasteiger partial charge in [0.2, 0.25) is 0 Å². The smallest absolute Gasteiger partial charge is 0.263 e. The zero-order valence-corrected chi connectivity index (χ0v) is 17.6. The number of thioether (sulfide) groups is 1. The van der Waals surface area contributed by atoms with Crippen molar-refractivity contribution in [3.63, 3.8) is 0 Å². The second kappa shape index (κ2) is 8.06. The maximum Gasteiger partial charge on any atom is 0.263 e. The standard InChI is InChI=1S/C19H15ClN2O2S3/c1-22-18(23)16-14(15-6-3-8-25-15)11-27-17(16)21-19(22)26-9-7-24-13-5-2-4-12(20)10-13/h2-6,8,10-11H,7,9H2,1H3. The van der Waals surface area contributed by atoms with E-state index in [0.717, 1.165) is 21.0 Å². The first-order valence-electron chi connectivity index (χ1n) is 8.17. The summed E-state index contributed by atoms with van der Waals surface area (Å²) >= 11 is 10.6. The average molecular weight is 435 g/mol. The Morgan fingerprint density at radius 3 is 2.93 bits per heavy atom. The van der Waals surface area contributed by atoms with Gasteiger partial charge < -0.3 is 4.74 Å². The summed E-state index contributed by atoms with van der Waals surface area (Å²) < 4.78 is 7.32. The normalized spacial score (nSPS) is 11.2. The molecule has 0 bridgehead atoms. The minimum atomic E-state index is -0.0112. The van der Waals surface area contributed by atoms with E-state index in [2.05, 4.69) is 0 Å². The van der Waals surface area contributed by atoms with Gasteiger partial charge in [0.15, 0.2) is 5.16 Å². The first kappa shape index (κ1) is 18.6. The second-order valence-corrected chi connectivity index (χ2v) is 9.02. The monoisotopic (exact) mass is 434 g/mol. The zero-order chi connectivity index (χ0) is 18.8. The predicted octanol–water partition coefficient (Wildman–Crippen LogP) is 5.55. The van der Waals surface area contributed by atoms with Gasteiger partial charge >= 0.3 is 0 Å². The lowest BCUT2D eigenvalue weighted by Gasteiger charge is -2.09. The summed E-state index contributed by atoms with van der Waals surface area (Å²) in [5.41, 5.74) is 0.960. The number of benzene rings is 1. The number of hydrogen-bond donors (Lipinski definition) is 0. The van der Waals surface area contributed by atoms with Crippen LogP contribution in [0.3, 0.4) is 0 Å². The van der Waals surface area contributed by atoms with Crippen LogP contribution in [0.2, 0.25) is 5.02 Å². The molecule has 8 heteroatoms. The average Bonchev–Trinajstić information content (AvgIpc) is 3.32. The molecule has 4 rings (SSSR count). The number of halogens is 1. The number of fused-ring (bicyclic) bond motifs is 1.